The van der Waals surface area contributed by atoms with Crippen molar-refractivity contribution in [3.63, 3.8) is 0 Å². The maximum Gasteiger partial charge on any atom is 0.225 e. The van der Waals surface area contributed by atoms with Crippen molar-refractivity contribution in [2.75, 3.05) is 33.5 Å². The van der Waals surface area contributed by atoms with E-state index in [0.717, 1.165) is 17.7 Å². The van der Waals surface area contributed by atoms with Crippen LogP contribution in [0.5, 0.6) is 5.88 Å². The summed E-state index contributed by atoms with van der Waals surface area (Å²) in [5, 5.41) is 7.60. The van der Waals surface area contributed by atoms with Gasteiger partial charge in [-0.1, -0.05) is 0 Å². The average molecular weight is 281 g/mol. The van der Waals surface area contributed by atoms with Gasteiger partial charge in [0.25, 0.3) is 0 Å². The Labute approximate surface area is 119 Å². The number of methoxy groups -OCH3 is 1. The molecule has 0 amide bonds. The summed E-state index contributed by atoms with van der Waals surface area (Å²) in [5.41, 5.74) is 7.89. The van der Waals surface area contributed by atoms with Crippen LogP contribution >= 0.6 is 0 Å². The minimum Gasteiger partial charge on any atom is -0.477 e. The molecule has 0 aliphatic heterocycles. The minimum atomic E-state index is -0.0265. The average Bonchev–Trinajstić information content (AvgIpc) is 2.36. The van der Waals surface area contributed by atoms with Gasteiger partial charge in [0.1, 0.15) is 5.84 Å². The number of nitrogen functional groups attached to an aromatic ring is 1. The number of pyridine rings is 1. The second-order valence-corrected chi connectivity index (χ2v) is 4.48. The Hall–Kier alpha value is -1.66. The lowest BCUT2D eigenvalue weighted by molar-refractivity contribution is 0.0642. The molecule has 0 spiro atoms. The van der Waals surface area contributed by atoms with Gasteiger partial charge in [-0.2, -0.15) is 0 Å². The monoisotopic (exact) mass is 281 g/mol. The highest BCUT2D eigenvalue weighted by Gasteiger charge is 2.12. The molecule has 20 heavy (non-hydrogen) atoms. The molecule has 0 saturated heterocycles. The lowest BCUT2D eigenvalue weighted by atomic mass is 10.1. The van der Waals surface area contributed by atoms with Crippen LogP contribution < -0.4 is 10.5 Å². The van der Waals surface area contributed by atoms with Crippen molar-refractivity contribution < 1.29 is 14.2 Å². The SMILES string of the molecule is COCCOCCCOc1nc(C)cc(C)c1C(=N)N. The number of nitrogens with two attached hydrogens (primary N) is 1. The summed E-state index contributed by atoms with van der Waals surface area (Å²) in [5.74, 6) is 0.397. The molecule has 6 heteroatoms. The van der Waals surface area contributed by atoms with Gasteiger partial charge in [-0.3, -0.25) is 5.41 Å². The Bertz CT molecular complexity index is 450. The molecule has 3 N–H and O–H groups in total. The van der Waals surface area contributed by atoms with E-state index in [-0.39, 0.29) is 5.84 Å². The maximum atomic E-state index is 7.60. The molecule has 1 aromatic rings. The predicted molar refractivity (Wildman–Crippen MR) is 77.5 cm³/mol. The van der Waals surface area contributed by atoms with Gasteiger partial charge in [-0.25, -0.2) is 4.98 Å². The van der Waals surface area contributed by atoms with Crippen LogP contribution in [0, 0.1) is 19.3 Å². The van der Waals surface area contributed by atoms with Crippen LogP contribution in [0.15, 0.2) is 6.07 Å². The van der Waals surface area contributed by atoms with Crippen LogP contribution in [0.2, 0.25) is 0 Å². The number of aromatic nitrogens is 1. The normalized spacial score (nSPS) is 10.6. The summed E-state index contributed by atoms with van der Waals surface area (Å²) in [4.78, 5) is 4.30. The summed E-state index contributed by atoms with van der Waals surface area (Å²) in [6.45, 7) is 6.03. The highest BCUT2D eigenvalue weighted by atomic mass is 16.5. The van der Waals surface area contributed by atoms with Crippen molar-refractivity contribution >= 4 is 5.84 Å². The number of hydrogen-bond donors (Lipinski definition) is 2. The minimum absolute atomic E-state index is 0.0265. The molecule has 0 saturated carbocycles. The number of amidine groups is 1. The number of ether oxygens (including phenoxy) is 3. The van der Waals surface area contributed by atoms with Crippen LogP contribution in [0.4, 0.5) is 0 Å². The van der Waals surface area contributed by atoms with Crippen molar-refractivity contribution in [2.24, 2.45) is 5.73 Å². The van der Waals surface area contributed by atoms with E-state index >= 15 is 0 Å². The van der Waals surface area contributed by atoms with Crippen LogP contribution in [0.3, 0.4) is 0 Å². The smallest absolute Gasteiger partial charge is 0.225 e. The number of aryl methyl sites for hydroxylation is 2. The zero-order chi connectivity index (χ0) is 15.0. The third-order valence-corrected chi connectivity index (χ3v) is 2.68. The number of nitrogens with zero attached hydrogens (tertiary/aromatic N) is 1. The van der Waals surface area contributed by atoms with Crippen LogP contribution in [-0.2, 0) is 9.47 Å². The second-order valence-electron chi connectivity index (χ2n) is 4.48. The summed E-state index contributed by atoms with van der Waals surface area (Å²) in [6.07, 6.45) is 0.746. The second kappa shape index (κ2) is 8.50. The van der Waals surface area contributed by atoms with E-state index in [9.17, 15) is 0 Å². The van der Waals surface area contributed by atoms with Gasteiger partial charge < -0.3 is 19.9 Å². The Balaban J connectivity index is 2.49. The lowest BCUT2D eigenvalue weighted by Crippen LogP contribution is -2.17. The quantitative estimate of drug-likeness (QED) is 0.406. The fourth-order valence-electron chi connectivity index (χ4n) is 1.81. The van der Waals surface area contributed by atoms with Crippen molar-refractivity contribution in [1.82, 2.24) is 4.98 Å². The van der Waals surface area contributed by atoms with Crippen molar-refractivity contribution in [3.05, 3.63) is 22.9 Å². The zero-order valence-corrected chi connectivity index (χ0v) is 12.4. The van der Waals surface area contributed by atoms with Crippen molar-refractivity contribution in [3.8, 4) is 5.88 Å². The Morgan fingerprint density at radius 3 is 2.65 bits per heavy atom. The molecule has 112 valence electrons. The van der Waals surface area contributed by atoms with Gasteiger partial charge in [0.15, 0.2) is 0 Å². The van der Waals surface area contributed by atoms with Gasteiger partial charge in [0.05, 0.1) is 25.4 Å². The summed E-state index contributed by atoms with van der Waals surface area (Å²) in [6, 6.07) is 1.89. The summed E-state index contributed by atoms with van der Waals surface area (Å²) >= 11 is 0. The molecule has 0 unspecified atom stereocenters. The molecule has 6 nitrogen and oxygen atoms in total. The number of rotatable bonds is 9. The third kappa shape index (κ3) is 5.14. The first-order valence-electron chi connectivity index (χ1n) is 6.58. The van der Waals surface area contributed by atoms with Crippen LogP contribution in [-0.4, -0.2) is 44.4 Å². The van der Waals surface area contributed by atoms with Gasteiger partial charge >= 0.3 is 0 Å². The molecule has 0 fully saturated rings. The lowest BCUT2D eigenvalue weighted by Gasteiger charge is -2.13. The maximum absolute atomic E-state index is 7.60. The molecule has 0 aromatic carbocycles. The number of nitrogens with one attached hydrogen (secondary N) is 1. The molecule has 1 aromatic heterocycles. The molecule has 0 bridgehead atoms. The summed E-state index contributed by atoms with van der Waals surface area (Å²) in [7, 11) is 1.64. The van der Waals surface area contributed by atoms with E-state index in [2.05, 4.69) is 4.98 Å². The Kier molecular flexibility index (Phi) is 6.97. The first-order chi connectivity index (χ1) is 9.56. The fraction of sp³-hybridized carbons (Fsp3) is 0.571. The first kappa shape index (κ1) is 16.4. The van der Waals surface area contributed by atoms with E-state index in [1.54, 1.807) is 7.11 Å². The van der Waals surface area contributed by atoms with Crippen molar-refractivity contribution in [2.45, 2.75) is 20.3 Å². The van der Waals surface area contributed by atoms with Gasteiger partial charge in [0, 0.05) is 25.8 Å². The van der Waals surface area contributed by atoms with E-state index < -0.39 is 0 Å². The van der Waals surface area contributed by atoms with Crippen molar-refractivity contribution in [1.29, 1.82) is 5.41 Å². The molecule has 0 aliphatic carbocycles. The predicted octanol–water partition coefficient (Wildman–Crippen LogP) is 1.41. The van der Waals surface area contributed by atoms with Gasteiger partial charge in [-0.05, 0) is 25.5 Å². The molecule has 0 aliphatic rings. The summed E-state index contributed by atoms with van der Waals surface area (Å²) < 4.78 is 15.9. The van der Waals surface area contributed by atoms with E-state index in [1.807, 2.05) is 19.9 Å². The molecular weight excluding hydrogens is 258 g/mol. The third-order valence-electron chi connectivity index (χ3n) is 2.68. The van der Waals surface area contributed by atoms with E-state index in [1.165, 1.54) is 0 Å². The van der Waals surface area contributed by atoms with Crippen LogP contribution in [0.25, 0.3) is 0 Å². The molecule has 1 rings (SSSR count). The zero-order valence-electron chi connectivity index (χ0n) is 12.4. The number of hydrogen-bond acceptors (Lipinski definition) is 5. The highest BCUT2D eigenvalue weighted by molar-refractivity contribution is 5.98. The van der Waals surface area contributed by atoms with E-state index in [4.69, 9.17) is 25.4 Å². The Morgan fingerprint density at radius 2 is 2.00 bits per heavy atom. The molecule has 1 heterocycles. The highest BCUT2D eigenvalue weighted by Crippen LogP contribution is 2.20. The van der Waals surface area contributed by atoms with Gasteiger partial charge in [-0.15, -0.1) is 0 Å². The molecule has 0 radical (unpaired) electrons. The van der Waals surface area contributed by atoms with Crippen LogP contribution in [0.1, 0.15) is 23.2 Å². The first-order valence-corrected chi connectivity index (χ1v) is 6.58. The standard InChI is InChI=1S/C14H23N3O3/c1-10-9-11(2)17-14(12(10)13(15)16)20-6-4-5-19-8-7-18-3/h9H,4-8H2,1-3H3,(H3,15,16). The largest absolute Gasteiger partial charge is 0.477 e. The van der Waals surface area contributed by atoms with E-state index in [0.29, 0.717) is 37.9 Å². The van der Waals surface area contributed by atoms with Gasteiger partial charge in [0.2, 0.25) is 5.88 Å². The molecular formula is C14H23N3O3. The Morgan fingerprint density at radius 1 is 1.25 bits per heavy atom. The topological polar surface area (TPSA) is 90.5 Å². The molecule has 0 atom stereocenters. The fourth-order valence-corrected chi connectivity index (χ4v) is 1.81.